The monoisotopic (exact) mass is 652 g/mol. The quantitative estimate of drug-likeness (QED) is 0.181. The molecule has 2 saturated heterocycles. The predicted molar refractivity (Wildman–Crippen MR) is 188 cm³/mol. The molecule has 0 bridgehead atoms. The number of benzene rings is 2. The Labute approximate surface area is 283 Å². The van der Waals surface area contributed by atoms with Gasteiger partial charge in [-0.1, -0.05) is 43.7 Å². The van der Waals surface area contributed by atoms with E-state index in [0.717, 1.165) is 100 Å². The number of amides is 2. The average molecular weight is 653 g/mol. The fraction of sp³-hybridized carbons (Fsp3) is 0.486. The van der Waals surface area contributed by atoms with Gasteiger partial charge in [0, 0.05) is 62.3 Å². The molecule has 0 radical (unpaired) electrons. The molecule has 4 aromatic rings. The number of fused-ring (bicyclic) bond motifs is 1. The molecular weight excluding hydrogens is 604 g/mol. The summed E-state index contributed by atoms with van der Waals surface area (Å²) in [6.07, 6.45) is 12.2. The molecular formula is C37H48N8O3. The Morgan fingerprint density at radius 3 is 2.48 bits per heavy atom. The first-order chi connectivity index (χ1) is 23.6. The largest absolute Gasteiger partial charge is 0.450 e. The van der Waals surface area contributed by atoms with Crippen LogP contribution < -0.4 is 15.5 Å². The lowest BCUT2D eigenvalue weighted by atomic mass is 9.93. The molecule has 6 rings (SSSR count). The van der Waals surface area contributed by atoms with Crippen LogP contribution in [-0.2, 0) is 11.3 Å². The maximum atomic E-state index is 13.0. The number of likely N-dealkylation sites (tertiary alicyclic amines) is 1. The molecule has 11 heteroatoms. The molecule has 4 heterocycles. The van der Waals surface area contributed by atoms with Crippen molar-refractivity contribution >= 4 is 28.9 Å². The second kappa shape index (κ2) is 16.5. The lowest BCUT2D eigenvalue weighted by Crippen LogP contribution is -2.49. The van der Waals surface area contributed by atoms with Crippen molar-refractivity contribution in [3.8, 4) is 11.3 Å². The van der Waals surface area contributed by atoms with Crippen molar-refractivity contribution in [1.82, 2.24) is 35.1 Å². The molecule has 11 nitrogen and oxygen atoms in total. The molecule has 2 aliphatic rings. The molecule has 2 N–H and O–H groups in total. The van der Waals surface area contributed by atoms with E-state index in [1.807, 2.05) is 47.2 Å². The highest BCUT2D eigenvalue weighted by Gasteiger charge is 2.30. The third-order valence-electron chi connectivity index (χ3n) is 9.59. The fourth-order valence-electron chi connectivity index (χ4n) is 6.73. The minimum Gasteiger partial charge on any atom is -0.450 e. The highest BCUT2D eigenvalue weighted by atomic mass is 16.5. The summed E-state index contributed by atoms with van der Waals surface area (Å²) in [4.78, 5) is 44.3. The van der Waals surface area contributed by atoms with Crippen molar-refractivity contribution in [2.75, 3.05) is 50.8 Å². The first kappa shape index (κ1) is 33.4. The van der Waals surface area contributed by atoms with Gasteiger partial charge in [0.15, 0.2) is 5.82 Å². The standard InChI is InChI=1S/C37H48N8O3/c1-2-3-24-48-37(47)40-26-28-12-19-44(20-13-28)31-14-21-45(22-15-31)35-34(29-8-5-4-6-9-29)41-33-25-30(10-11-32(33)42-35)36(46)39-16-7-18-43-23-17-38-27-43/h4-6,8-11,17,23,25,27-28,31H,2-3,7,12-16,18-22,24,26H2,1H3,(H,39,46)(H,40,47). The van der Waals surface area contributed by atoms with E-state index < -0.39 is 0 Å². The number of piperidine rings is 2. The number of hydrogen-bond donors (Lipinski definition) is 2. The summed E-state index contributed by atoms with van der Waals surface area (Å²) in [6.45, 7) is 8.61. The van der Waals surface area contributed by atoms with Crippen LogP contribution in [-0.4, -0.2) is 88.3 Å². The van der Waals surface area contributed by atoms with Gasteiger partial charge in [-0.05, 0) is 75.7 Å². The van der Waals surface area contributed by atoms with Crippen LogP contribution in [0, 0.1) is 5.92 Å². The number of carbonyl (C=O) groups excluding carboxylic acids is 2. The van der Waals surface area contributed by atoms with Crippen LogP contribution in [0.25, 0.3) is 22.3 Å². The van der Waals surface area contributed by atoms with Crippen molar-refractivity contribution in [3.05, 3.63) is 72.8 Å². The summed E-state index contributed by atoms with van der Waals surface area (Å²) in [5.74, 6) is 1.29. The van der Waals surface area contributed by atoms with Crippen molar-refractivity contribution in [2.24, 2.45) is 5.92 Å². The number of unbranched alkanes of at least 4 members (excludes halogenated alkanes) is 1. The highest BCUT2D eigenvalue weighted by Crippen LogP contribution is 2.33. The second-order valence-electron chi connectivity index (χ2n) is 12.9. The van der Waals surface area contributed by atoms with Gasteiger partial charge in [0.1, 0.15) is 5.69 Å². The predicted octanol–water partition coefficient (Wildman–Crippen LogP) is 5.52. The SMILES string of the molecule is CCCCOC(=O)NCC1CCN(C2CCN(c3nc4ccc(C(=O)NCCCn5ccnc5)cc4nc3-c3ccccc3)CC2)CC1. The summed E-state index contributed by atoms with van der Waals surface area (Å²) in [5, 5.41) is 6.00. The molecule has 0 atom stereocenters. The number of imidazole rings is 1. The number of anilines is 1. The average Bonchev–Trinajstić information content (AvgIpc) is 3.66. The third kappa shape index (κ3) is 8.69. The second-order valence-corrected chi connectivity index (χ2v) is 12.9. The van der Waals surface area contributed by atoms with E-state index >= 15 is 0 Å². The van der Waals surface area contributed by atoms with Crippen LogP contribution in [0.3, 0.4) is 0 Å². The Kier molecular flexibility index (Phi) is 11.5. The number of hydrogen-bond acceptors (Lipinski definition) is 8. The molecule has 0 saturated carbocycles. The molecule has 2 fully saturated rings. The zero-order chi connectivity index (χ0) is 33.1. The number of rotatable bonds is 13. The fourth-order valence-corrected chi connectivity index (χ4v) is 6.73. The van der Waals surface area contributed by atoms with E-state index in [1.54, 1.807) is 12.5 Å². The molecule has 2 aromatic heterocycles. The number of aromatic nitrogens is 4. The minimum absolute atomic E-state index is 0.109. The summed E-state index contributed by atoms with van der Waals surface area (Å²) in [6, 6.07) is 16.4. The van der Waals surface area contributed by atoms with Crippen LogP contribution in [0.4, 0.5) is 10.6 Å². The molecule has 254 valence electrons. The Morgan fingerprint density at radius 1 is 0.917 bits per heavy atom. The highest BCUT2D eigenvalue weighted by molar-refractivity contribution is 5.98. The van der Waals surface area contributed by atoms with Gasteiger partial charge in [-0.25, -0.2) is 19.7 Å². The molecule has 0 spiro atoms. The number of alkyl carbamates (subject to hydrolysis) is 1. The molecule has 48 heavy (non-hydrogen) atoms. The lowest BCUT2D eigenvalue weighted by Gasteiger charge is -2.42. The lowest BCUT2D eigenvalue weighted by molar-refractivity contribution is 0.0952. The third-order valence-corrected chi connectivity index (χ3v) is 9.59. The zero-order valence-corrected chi connectivity index (χ0v) is 28.0. The van der Waals surface area contributed by atoms with Crippen molar-refractivity contribution in [2.45, 2.75) is 64.5 Å². The minimum atomic E-state index is -0.288. The smallest absolute Gasteiger partial charge is 0.407 e. The van der Waals surface area contributed by atoms with E-state index in [4.69, 9.17) is 14.7 Å². The first-order valence-corrected chi connectivity index (χ1v) is 17.6. The van der Waals surface area contributed by atoms with Crippen LogP contribution in [0.1, 0.15) is 62.2 Å². The van der Waals surface area contributed by atoms with E-state index in [-0.39, 0.29) is 12.0 Å². The number of aryl methyl sites for hydroxylation is 1. The van der Waals surface area contributed by atoms with E-state index in [9.17, 15) is 9.59 Å². The number of ether oxygens (including phenoxy) is 1. The van der Waals surface area contributed by atoms with Gasteiger partial charge in [0.2, 0.25) is 0 Å². The Hall–Kier alpha value is -4.51. The van der Waals surface area contributed by atoms with Gasteiger partial charge in [0.05, 0.1) is 24.0 Å². The van der Waals surface area contributed by atoms with Gasteiger partial charge in [-0.2, -0.15) is 0 Å². The first-order valence-electron chi connectivity index (χ1n) is 17.6. The summed E-state index contributed by atoms with van der Waals surface area (Å²) in [7, 11) is 0. The van der Waals surface area contributed by atoms with Gasteiger partial charge in [-0.3, -0.25) is 4.79 Å². The number of carbonyl (C=O) groups is 2. The van der Waals surface area contributed by atoms with E-state index in [0.29, 0.717) is 42.7 Å². The Balaban J connectivity index is 1.06. The molecule has 2 aliphatic heterocycles. The van der Waals surface area contributed by atoms with Crippen LogP contribution in [0.15, 0.2) is 67.3 Å². The van der Waals surface area contributed by atoms with E-state index in [1.165, 1.54) is 0 Å². The molecule has 0 unspecified atom stereocenters. The summed E-state index contributed by atoms with van der Waals surface area (Å²) < 4.78 is 7.25. The van der Waals surface area contributed by atoms with Gasteiger partial charge in [-0.15, -0.1) is 0 Å². The van der Waals surface area contributed by atoms with Crippen molar-refractivity contribution in [1.29, 1.82) is 0 Å². The molecule has 0 aliphatic carbocycles. The van der Waals surface area contributed by atoms with Crippen molar-refractivity contribution < 1.29 is 14.3 Å². The van der Waals surface area contributed by atoms with Gasteiger partial charge in [0.25, 0.3) is 5.91 Å². The van der Waals surface area contributed by atoms with Gasteiger partial charge < -0.3 is 29.7 Å². The maximum absolute atomic E-state index is 13.0. The number of nitrogens with zero attached hydrogens (tertiary/aromatic N) is 6. The zero-order valence-electron chi connectivity index (χ0n) is 28.0. The normalized spacial score (nSPS) is 16.2. The Bertz CT molecular complexity index is 1610. The maximum Gasteiger partial charge on any atom is 0.407 e. The summed E-state index contributed by atoms with van der Waals surface area (Å²) in [5.41, 5.74) is 3.95. The summed E-state index contributed by atoms with van der Waals surface area (Å²) >= 11 is 0. The number of nitrogens with one attached hydrogen (secondary N) is 2. The Morgan fingerprint density at radius 2 is 1.73 bits per heavy atom. The molecule has 2 amide bonds. The molecule has 2 aromatic carbocycles. The van der Waals surface area contributed by atoms with Crippen LogP contribution >= 0.6 is 0 Å². The van der Waals surface area contributed by atoms with Crippen molar-refractivity contribution in [3.63, 3.8) is 0 Å². The van der Waals surface area contributed by atoms with Crippen LogP contribution in [0.5, 0.6) is 0 Å². The van der Waals surface area contributed by atoms with Gasteiger partial charge >= 0.3 is 6.09 Å². The van der Waals surface area contributed by atoms with Crippen LogP contribution in [0.2, 0.25) is 0 Å². The van der Waals surface area contributed by atoms with E-state index in [2.05, 4.69) is 44.5 Å². The topological polar surface area (TPSA) is 118 Å².